The van der Waals surface area contributed by atoms with Crippen LogP contribution in [-0.4, -0.2) is 60.5 Å². The number of rotatable bonds is 7. The highest BCUT2D eigenvalue weighted by Crippen LogP contribution is 1.83. The lowest BCUT2D eigenvalue weighted by Crippen LogP contribution is -2.37. The Kier molecular flexibility index (Phi) is 8.91. The van der Waals surface area contributed by atoms with Gasteiger partial charge in [-0.1, -0.05) is 0 Å². The van der Waals surface area contributed by atoms with Gasteiger partial charge in [0, 0.05) is 5.75 Å². The van der Waals surface area contributed by atoms with Gasteiger partial charge in [0.1, 0.15) is 6.61 Å². The Bertz CT molecular complexity index is 223. The molecule has 0 radical (unpaired) electrons. The molecule has 0 spiro atoms. The first-order valence-corrected chi connectivity index (χ1v) is 5.21. The Morgan fingerprint density at radius 1 is 1.25 bits per heavy atom. The fourth-order valence-electron chi connectivity index (χ4n) is 0.682. The third-order valence-electron chi connectivity index (χ3n) is 1.33. The van der Waals surface area contributed by atoms with Gasteiger partial charge in [0.2, 0.25) is 0 Å². The number of esters is 1. The number of carbonyl (C=O) groups is 2. The first kappa shape index (κ1) is 15.2. The van der Waals surface area contributed by atoms with Crippen molar-refractivity contribution in [2.45, 2.75) is 6.29 Å². The molecule has 0 aliphatic carbocycles. The van der Waals surface area contributed by atoms with Crippen molar-refractivity contribution in [2.24, 2.45) is 0 Å². The van der Waals surface area contributed by atoms with Crippen molar-refractivity contribution in [2.75, 3.05) is 32.1 Å². The summed E-state index contributed by atoms with van der Waals surface area (Å²) in [6.07, 6.45) is -1.70. The molecule has 8 heteroatoms. The average molecular weight is 253 g/mol. The van der Waals surface area contributed by atoms with E-state index in [0.717, 1.165) is 0 Å². The monoisotopic (exact) mass is 253 g/mol. The number of thiol groups is 1. The van der Waals surface area contributed by atoms with Crippen LogP contribution in [0.2, 0.25) is 0 Å². The number of hydrogen-bond acceptors (Lipinski definition) is 7. The van der Waals surface area contributed by atoms with E-state index in [4.69, 9.17) is 14.9 Å². The van der Waals surface area contributed by atoms with Crippen LogP contribution in [0.25, 0.3) is 0 Å². The molecular formula is C8H15NO6S. The molecule has 3 N–H and O–H groups in total. The van der Waals surface area contributed by atoms with Gasteiger partial charge in [-0.15, -0.1) is 0 Å². The molecule has 0 fully saturated rings. The van der Waals surface area contributed by atoms with Gasteiger partial charge in [-0.3, -0.25) is 4.79 Å². The molecule has 0 heterocycles. The molecule has 0 bridgehead atoms. The summed E-state index contributed by atoms with van der Waals surface area (Å²) in [5, 5.41) is 18.8. The van der Waals surface area contributed by atoms with Gasteiger partial charge < -0.3 is 25.0 Å². The minimum atomic E-state index is -1.70. The summed E-state index contributed by atoms with van der Waals surface area (Å²) in [6, 6.07) is 0. The van der Waals surface area contributed by atoms with Crippen molar-refractivity contribution in [3.8, 4) is 0 Å². The Labute approximate surface area is 98.1 Å². The van der Waals surface area contributed by atoms with Crippen LogP contribution < -0.4 is 5.32 Å². The van der Waals surface area contributed by atoms with Gasteiger partial charge in [-0.05, 0) is 0 Å². The highest BCUT2D eigenvalue weighted by atomic mass is 32.1. The lowest BCUT2D eigenvalue weighted by atomic mass is 10.5. The molecule has 0 aliphatic heterocycles. The zero-order valence-corrected chi connectivity index (χ0v) is 9.48. The van der Waals surface area contributed by atoms with Crippen LogP contribution in [0, 0.1) is 0 Å². The summed E-state index contributed by atoms with van der Waals surface area (Å²) >= 11 is 3.90. The van der Waals surface area contributed by atoms with Crippen molar-refractivity contribution in [3.63, 3.8) is 0 Å². The topological polar surface area (TPSA) is 105 Å². The Hall–Kier alpha value is -0.830. The molecule has 0 rings (SSSR count). The van der Waals surface area contributed by atoms with Crippen molar-refractivity contribution in [3.05, 3.63) is 0 Å². The number of nitrogens with one attached hydrogen (secondary N) is 1. The second-order valence-electron chi connectivity index (χ2n) is 2.66. The number of hydrogen-bond donors (Lipinski definition) is 4. The average Bonchev–Trinajstić information content (AvgIpc) is 2.25. The Morgan fingerprint density at radius 2 is 1.94 bits per heavy atom. The van der Waals surface area contributed by atoms with Gasteiger partial charge in [-0.2, -0.15) is 12.6 Å². The zero-order chi connectivity index (χ0) is 12.4. The first-order chi connectivity index (χ1) is 7.57. The van der Waals surface area contributed by atoms with E-state index in [0.29, 0.717) is 12.4 Å². The Morgan fingerprint density at radius 3 is 2.50 bits per heavy atom. The van der Waals surface area contributed by atoms with E-state index in [-0.39, 0.29) is 13.2 Å². The molecule has 0 atom stereocenters. The van der Waals surface area contributed by atoms with Crippen molar-refractivity contribution in [1.82, 2.24) is 5.32 Å². The van der Waals surface area contributed by atoms with Gasteiger partial charge in [0.25, 0.3) is 0 Å². The van der Waals surface area contributed by atoms with Crippen molar-refractivity contribution < 1.29 is 29.3 Å². The number of aliphatic hydroxyl groups excluding tert-OH is 1. The smallest absolute Gasteiger partial charge is 0.396 e. The molecule has 0 aromatic heterocycles. The lowest BCUT2D eigenvalue weighted by molar-refractivity contribution is -0.156. The minimum Gasteiger partial charge on any atom is -0.456 e. The van der Waals surface area contributed by atoms with E-state index in [9.17, 15) is 9.59 Å². The third-order valence-corrected chi connectivity index (χ3v) is 1.51. The van der Waals surface area contributed by atoms with Gasteiger partial charge >= 0.3 is 11.9 Å². The van der Waals surface area contributed by atoms with Crippen LogP contribution in [0.1, 0.15) is 0 Å². The van der Waals surface area contributed by atoms with E-state index >= 15 is 0 Å². The molecule has 94 valence electrons. The van der Waals surface area contributed by atoms with Crippen molar-refractivity contribution >= 4 is 24.5 Å². The van der Waals surface area contributed by atoms with E-state index < -0.39 is 24.7 Å². The first-order valence-electron chi connectivity index (χ1n) is 4.57. The maximum Gasteiger partial charge on any atom is 0.396 e. The highest BCUT2D eigenvalue weighted by molar-refractivity contribution is 7.80. The molecule has 0 saturated heterocycles. The van der Waals surface area contributed by atoms with Crippen LogP contribution in [0.5, 0.6) is 0 Å². The van der Waals surface area contributed by atoms with Crippen LogP contribution in [0.3, 0.4) is 0 Å². The second-order valence-corrected chi connectivity index (χ2v) is 3.11. The fourth-order valence-corrected chi connectivity index (χ4v) is 0.811. The van der Waals surface area contributed by atoms with E-state index in [1.807, 2.05) is 5.32 Å². The molecule has 0 aliphatic rings. The third kappa shape index (κ3) is 8.48. The van der Waals surface area contributed by atoms with Crippen LogP contribution in [0.15, 0.2) is 0 Å². The molecular weight excluding hydrogens is 238 g/mol. The lowest BCUT2D eigenvalue weighted by Gasteiger charge is -2.06. The predicted octanol–water partition coefficient (Wildman–Crippen LogP) is -2.10. The van der Waals surface area contributed by atoms with Crippen molar-refractivity contribution in [1.29, 1.82) is 0 Å². The van der Waals surface area contributed by atoms with Crippen LogP contribution in [0.4, 0.5) is 0 Å². The molecule has 0 aromatic rings. The summed E-state index contributed by atoms with van der Waals surface area (Å²) in [4.78, 5) is 21.8. The van der Waals surface area contributed by atoms with Gasteiger partial charge in [0.15, 0.2) is 6.29 Å². The molecule has 7 nitrogen and oxygen atoms in total. The second kappa shape index (κ2) is 9.40. The maximum absolute atomic E-state index is 10.9. The normalized spacial score (nSPS) is 10.2. The molecule has 1 amide bonds. The van der Waals surface area contributed by atoms with Gasteiger partial charge in [-0.25, -0.2) is 4.79 Å². The zero-order valence-electron chi connectivity index (χ0n) is 8.59. The molecule has 0 aromatic carbocycles. The summed E-state index contributed by atoms with van der Waals surface area (Å²) in [5.74, 6) is -1.56. The summed E-state index contributed by atoms with van der Waals surface area (Å²) in [7, 11) is 0. The van der Waals surface area contributed by atoms with E-state index in [1.165, 1.54) is 0 Å². The largest absolute Gasteiger partial charge is 0.456 e. The standard InChI is InChI=1S/C8H15NO6S/c10-6(11)5-9-7(12)8(13)15-2-1-14-3-4-16/h6,10-11,16H,1-5H2,(H,9,12). The highest BCUT2D eigenvalue weighted by Gasteiger charge is 2.15. The molecule has 0 unspecified atom stereocenters. The minimum absolute atomic E-state index is 0.0400. The van der Waals surface area contributed by atoms with E-state index in [2.05, 4.69) is 17.4 Å². The fraction of sp³-hybridized carbons (Fsp3) is 0.750. The predicted molar refractivity (Wildman–Crippen MR) is 56.9 cm³/mol. The number of aliphatic hydroxyl groups is 2. The Balaban J connectivity index is 3.52. The summed E-state index contributed by atoms with van der Waals surface area (Å²) < 4.78 is 9.46. The van der Waals surface area contributed by atoms with Crippen LogP contribution >= 0.6 is 12.6 Å². The SMILES string of the molecule is O=C(NCC(O)O)C(=O)OCCOCCS. The van der Waals surface area contributed by atoms with Gasteiger partial charge in [0.05, 0.1) is 19.8 Å². The summed E-state index contributed by atoms with van der Waals surface area (Å²) in [5.41, 5.74) is 0. The quantitative estimate of drug-likeness (QED) is 0.136. The molecule has 16 heavy (non-hydrogen) atoms. The maximum atomic E-state index is 10.9. The summed E-state index contributed by atoms with van der Waals surface area (Å²) in [6.45, 7) is 0.150. The molecule has 0 saturated carbocycles. The van der Waals surface area contributed by atoms with E-state index in [1.54, 1.807) is 0 Å². The number of ether oxygens (including phenoxy) is 2. The van der Waals surface area contributed by atoms with Crippen LogP contribution in [-0.2, 0) is 19.1 Å². The number of carbonyl (C=O) groups excluding carboxylic acids is 2. The number of amides is 1.